The molecule has 0 atom stereocenters. The van der Waals surface area contributed by atoms with Crippen molar-refractivity contribution in [1.82, 2.24) is 9.97 Å². The summed E-state index contributed by atoms with van der Waals surface area (Å²) in [5.41, 5.74) is 2.81. The van der Waals surface area contributed by atoms with Crippen molar-refractivity contribution >= 4 is 33.1 Å². The van der Waals surface area contributed by atoms with Gasteiger partial charge in [-0.05, 0) is 36.6 Å². The molecule has 0 fully saturated rings. The molecule has 0 saturated heterocycles. The number of aromatic nitrogens is 2. The number of hydrogen-bond donors (Lipinski definition) is 1. The van der Waals surface area contributed by atoms with Crippen LogP contribution < -0.4 is 10.1 Å². The highest BCUT2D eigenvalue weighted by Gasteiger charge is 2.21. The van der Waals surface area contributed by atoms with Crippen molar-refractivity contribution in [2.45, 2.75) is 26.9 Å². The Bertz CT molecular complexity index is 935. The van der Waals surface area contributed by atoms with Gasteiger partial charge in [0.25, 0.3) is 5.91 Å². The minimum atomic E-state index is -0.162. The maximum Gasteiger partial charge on any atom is 0.266 e. The number of nitrogens with one attached hydrogen (secondary N) is 1. The van der Waals surface area contributed by atoms with Crippen LogP contribution >= 0.6 is 11.3 Å². The summed E-state index contributed by atoms with van der Waals surface area (Å²) in [6, 6.07) is 7.85. The molecule has 0 radical (unpaired) electrons. The van der Waals surface area contributed by atoms with Crippen LogP contribution in [-0.4, -0.2) is 30.1 Å². The van der Waals surface area contributed by atoms with Crippen molar-refractivity contribution in [3.63, 3.8) is 0 Å². The molecule has 3 rings (SSSR count). The van der Waals surface area contributed by atoms with Gasteiger partial charge in [0.05, 0.1) is 17.4 Å². The maximum absolute atomic E-state index is 12.8. The third kappa shape index (κ3) is 3.54. The van der Waals surface area contributed by atoms with Gasteiger partial charge in [0, 0.05) is 12.8 Å². The Morgan fingerprint density at radius 1 is 1.19 bits per heavy atom. The average molecular weight is 371 g/mol. The molecule has 0 aliphatic carbocycles. The van der Waals surface area contributed by atoms with Crippen molar-refractivity contribution in [2.24, 2.45) is 0 Å². The molecular weight excluding hydrogens is 350 g/mol. The summed E-state index contributed by atoms with van der Waals surface area (Å²) >= 11 is 1.33. The van der Waals surface area contributed by atoms with Crippen molar-refractivity contribution in [1.29, 1.82) is 0 Å². The number of rotatable bonds is 6. The smallest absolute Gasteiger partial charge is 0.266 e. The van der Waals surface area contributed by atoms with Crippen LogP contribution in [0.2, 0.25) is 0 Å². The molecule has 7 heteroatoms. The van der Waals surface area contributed by atoms with Gasteiger partial charge >= 0.3 is 0 Å². The fraction of sp³-hybridized carbons (Fsp3) is 0.316. The molecule has 2 aromatic heterocycles. The van der Waals surface area contributed by atoms with Crippen molar-refractivity contribution in [3.05, 3.63) is 46.1 Å². The standard InChI is InChI=1S/C19H21N3O3S/c1-5-12-6-8-13(9-7-12)20-17(23)16-11(2)15-18(25-4)21-14(10-24-3)22-19(15)26-16/h6-9H,5,10H2,1-4H3,(H,20,23). The Kier molecular flexibility index (Phi) is 5.49. The Hall–Kier alpha value is -2.51. The third-order valence-corrected chi connectivity index (χ3v) is 5.28. The predicted octanol–water partition coefficient (Wildman–Crippen LogP) is 3.97. The topological polar surface area (TPSA) is 73.3 Å². The summed E-state index contributed by atoms with van der Waals surface area (Å²) in [6.45, 7) is 4.27. The lowest BCUT2D eigenvalue weighted by molar-refractivity contribution is 0.103. The summed E-state index contributed by atoms with van der Waals surface area (Å²) in [7, 11) is 3.15. The van der Waals surface area contributed by atoms with Gasteiger partial charge in [0.2, 0.25) is 5.88 Å². The number of ether oxygens (including phenoxy) is 2. The molecule has 6 nitrogen and oxygen atoms in total. The molecule has 26 heavy (non-hydrogen) atoms. The molecule has 0 spiro atoms. The fourth-order valence-electron chi connectivity index (χ4n) is 2.71. The first-order valence-electron chi connectivity index (χ1n) is 8.30. The monoisotopic (exact) mass is 371 g/mol. The lowest BCUT2D eigenvalue weighted by Gasteiger charge is -2.06. The van der Waals surface area contributed by atoms with E-state index >= 15 is 0 Å². The number of benzene rings is 1. The van der Waals surface area contributed by atoms with Crippen LogP contribution in [0.1, 0.15) is 33.5 Å². The molecular formula is C19H21N3O3S. The molecule has 0 aliphatic heterocycles. The number of methoxy groups -OCH3 is 2. The van der Waals surface area contributed by atoms with Gasteiger partial charge in [-0.2, -0.15) is 4.98 Å². The molecule has 0 unspecified atom stereocenters. The fourth-order valence-corrected chi connectivity index (χ4v) is 3.80. The first-order chi connectivity index (χ1) is 12.6. The van der Waals surface area contributed by atoms with Crippen molar-refractivity contribution < 1.29 is 14.3 Å². The second-order valence-electron chi connectivity index (χ2n) is 5.82. The number of amides is 1. The van der Waals surface area contributed by atoms with Crippen LogP contribution in [0.5, 0.6) is 5.88 Å². The van der Waals surface area contributed by atoms with Crippen LogP contribution in [0.15, 0.2) is 24.3 Å². The minimum absolute atomic E-state index is 0.162. The van der Waals surface area contributed by atoms with E-state index in [1.165, 1.54) is 16.9 Å². The zero-order valence-electron chi connectivity index (χ0n) is 15.3. The van der Waals surface area contributed by atoms with Gasteiger partial charge in [-0.25, -0.2) is 4.98 Å². The maximum atomic E-state index is 12.8. The normalized spacial score (nSPS) is 10.9. The zero-order valence-corrected chi connectivity index (χ0v) is 16.1. The molecule has 1 aromatic carbocycles. The molecule has 0 aliphatic rings. The molecule has 0 saturated carbocycles. The van der Waals surface area contributed by atoms with Gasteiger partial charge in [-0.3, -0.25) is 4.79 Å². The lowest BCUT2D eigenvalue weighted by atomic mass is 10.1. The van der Waals surface area contributed by atoms with E-state index in [1.807, 2.05) is 31.2 Å². The van der Waals surface area contributed by atoms with Crippen LogP contribution in [0.4, 0.5) is 5.69 Å². The molecule has 2 heterocycles. The summed E-state index contributed by atoms with van der Waals surface area (Å²) in [5.74, 6) is 0.826. The van der Waals surface area contributed by atoms with E-state index in [0.29, 0.717) is 21.4 Å². The molecule has 3 aromatic rings. The number of nitrogens with zero attached hydrogens (tertiary/aromatic N) is 2. The number of aryl methyl sites for hydroxylation is 2. The zero-order chi connectivity index (χ0) is 18.7. The predicted molar refractivity (Wildman–Crippen MR) is 103 cm³/mol. The van der Waals surface area contributed by atoms with Crippen molar-refractivity contribution in [2.75, 3.05) is 19.5 Å². The first kappa shape index (κ1) is 18.3. The summed E-state index contributed by atoms with van der Waals surface area (Å²) in [4.78, 5) is 22.9. The van der Waals surface area contributed by atoms with E-state index in [0.717, 1.165) is 23.1 Å². The number of thiophene rings is 1. The van der Waals surface area contributed by atoms with E-state index in [1.54, 1.807) is 14.2 Å². The first-order valence-corrected chi connectivity index (χ1v) is 9.12. The second kappa shape index (κ2) is 7.80. The molecule has 0 bridgehead atoms. The van der Waals surface area contributed by atoms with E-state index in [4.69, 9.17) is 9.47 Å². The van der Waals surface area contributed by atoms with Gasteiger partial charge < -0.3 is 14.8 Å². The molecule has 1 N–H and O–H groups in total. The van der Waals surface area contributed by atoms with E-state index in [-0.39, 0.29) is 12.5 Å². The molecule has 136 valence electrons. The van der Waals surface area contributed by atoms with Crippen molar-refractivity contribution in [3.8, 4) is 5.88 Å². The number of fused-ring (bicyclic) bond motifs is 1. The Morgan fingerprint density at radius 2 is 1.92 bits per heavy atom. The average Bonchev–Trinajstić information content (AvgIpc) is 2.99. The van der Waals surface area contributed by atoms with E-state index < -0.39 is 0 Å². The summed E-state index contributed by atoms with van der Waals surface area (Å²) < 4.78 is 10.5. The lowest BCUT2D eigenvalue weighted by Crippen LogP contribution is -2.11. The summed E-state index contributed by atoms with van der Waals surface area (Å²) in [5, 5.41) is 3.71. The Balaban J connectivity index is 1.95. The summed E-state index contributed by atoms with van der Waals surface area (Å²) in [6.07, 6.45) is 0.964. The van der Waals surface area contributed by atoms with E-state index in [2.05, 4.69) is 22.2 Å². The van der Waals surface area contributed by atoms with Gasteiger partial charge in [-0.1, -0.05) is 19.1 Å². The van der Waals surface area contributed by atoms with Crippen LogP contribution in [0.3, 0.4) is 0 Å². The second-order valence-corrected chi connectivity index (χ2v) is 6.82. The minimum Gasteiger partial charge on any atom is -0.480 e. The number of carbonyl (C=O) groups excluding carboxylic acids is 1. The van der Waals surface area contributed by atoms with Gasteiger partial charge in [0.1, 0.15) is 11.4 Å². The largest absolute Gasteiger partial charge is 0.480 e. The third-order valence-electron chi connectivity index (χ3n) is 4.10. The van der Waals surface area contributed by atoms with Gasteiger partial charge in [-0.15, -0.1) is 11.3 Å². The SMILES string of the molecule is CCc1ccc(NC(=O)c2sc3nc(COC)nc(OC)c3c2C)cc1. The molecule has 1 amide bonds. The highest BCUT2D eigenvalue weighted by molar-refractivity contribution is 7.20. The van der Waals surface area contributed by atoms with Gasteiger partial charge in [0.15, 0.2) is 5.82 Å². The Morgan fingerprint density at radius 3 is 2.54 bits per heavy atom. The van der Waals surface area contributed by atoms with Crippen LogP contribution in [0, 0.1) is 6.92 Å². The van der Waals surface area contributed by atoms with E-state index in [9.17, 15) is 4.79 Å². The number of hydrogen-bond acceptors (Lipinski definition) is 6. The number of carbonyl (C=O) groups is 1. The highest BCUT2D eigenvalue weighted by atomic mass is 32.1. The van der Waals surface area contributed by atoms with Crippen LogP contribution in [0.25, 0.3) is 10.2 Å². The van der Waals surface area contributed by atoms with Crippen LogP contribution in [-0.2, 0) is 17.8 Å². The Labute approximate surface area is 156 Å². The number of anilines is 1. The quantitative estimate of drug-likeness (QED) is 0.710. The highest BCUT2D eigenvalue weighted by Crippen LogP contribution is 2.35.